The Hall–Kier alpha value is -3.57. The van der Waals surface area contributed by atoms with Crippen molar-refractivity contribution in [3.05, 3.63) is 90.3 Å². The van der Waals surface area contributed by atoms with Crippen LogP contribution in [-0.4, -0.2) is 17.4 Å². The molecule has 0 radical (unpaired) electrons. The molecule has 0 saturated carbocycles. The molecule has 2 atom stereocenters. The smallest absolute Gasteiger partial charge is 0.330 e. The van der Waals surface area contributed by atoms with Gasteiger partial charge in [-0.2, -0.15) is 0 Å². The number of fused-ring (bicyclic) bond motifs is 2. The lowest BCUT2D eigenvalue weighted by Crippen LogP contribution is -2.21. The first-order valence-electron chi connectivity index (χ1n) is 20.2. The predicted octanol–water partition coefficient (Wildman–Crippen LogP) is 15.7. The highest BCUT2D eigenvalue weighted by molar-refractivity contribution is 7.27. The van der Waals surface area contributed by atoms with Crippen molar-refractivity contribution in [1.29, 1.82) is 10.8 Å². The average molecular weight is 845 g/mol. The molecule has 0 spiro atoms. The number of nitrogens with one attached hydrogen (secondary N) is 2. The topological polar surface area (TPSA) is 74.0 Å². The van der Waals surface area contributed by atoms with E-state index in [1.54, 1.807) is 13.0 Å². The second-order valence-electron chi connectivity index (χ2n) is 15.7. The summed E-state index contributed by atoms with van der Waals surface area (Å²) in [6.07, 6.45) is 12.8. The summed E-state index contributed by atoms with van der Waals surface area (Å²) in [5.41, 5.74) is 3.26. The number of hydrogen-bond donors (Lipinski definition) is 2. The van der Waals surface area contributed by atoms with Crippen LogP contribution in [-0.2, 0) is 29.0 Å². The highest BCUT2D eigenvalue weighted by Gasteiger charge is 2.35. The summed E-state index contributed by atoms with van der Waals surface area (Å²) in [5, 5.41) is 20.6. The standard InChI is InChI=1S/C47H54F2N2O2S4/c1-9-12-14-25(4)16-18-31-33-21-28(7)54-46(33)32(19-17-26(5)15-13-10-2)34-23-37(57-47(31)34)45-27(6)20-35(56-45)39-41(48)42(49)40(44(51)43(39)50)36-22-30(29(8)55-36)24-53-38(52)11-3/h11,20-23,25-26,50-51H,3,9-10,12-19,24H2,1-2,4-8H3. The molecule has 0 fully saturated rings. The van der Waals surface area contributed by atoms with E-state index in [1.807, 2.05) is 35.7 Å². The van der Waals surface area contributed by atoms with E-state index in [9.17, 15) is 4.79 Å². The maximum Gasteiger partial charge on any atom is 0.330 e. The van der Waals surface area contributed by atoms with Crippen molar-refractivity contribution in [2.24, 2.45) is 11.8 Å². The summed E-state index contributed by atoms with van der Waals surface area (Å²) >= 11 is 6.27. The van der Waals surface area contributed by atoms with Crippen molar-refractivity contribution < 1.29 is 18.3 Å². The third-order valence-electron chi connectivity index (χ3n) is 11.2. The Kier molecular flexibility index (Phi) is 14.0. The van der Waals surface area contributed by atoms with Crippen LogP contribution in [0.2, 0.25) is 0 Å². The monoisotopic (exact) mass is 844 g/mol. The summed E-state index contributed by atoms with van der Waals surface area (Å²) in [5.74, 6) is -1.58. The van der Waals surface area contributed by atoms with Gasteiger partial charge in [-0.1, -0.05) is 72.8 Å². The van der Waals surface area contributed by atoms with E-state index in [2.05, 4.69) is 53.3 Å². The molecule has 6 rings (SSSR count). The van der Waals surface area contributed by atoms with Gasteiger partial charge in [0, 0.05) is 50.3 Å². The minimum absolute atomic E-state index is 0.0532. The van der Waals surface area contributed by atoms with E-state index in [0.29, 0.717) is 27.2 Å². The molecule has 4 aromatic heterocycles. The van der Waals surface area contributed by atoms with Crippen molar-refractivity contribution in [2.45, 2.75) is 119 Å². The van der Waals surface area contributed by atoms with Gasteiger partial charge < -0.3 is 4.74 Å². The maximum atomic E-state index is 16.3. The van der Waals surface area contributed by atoms with Crippen LogP contribution in [0, 0.1) is 43.4 Å². The fourth-order valence-corrected chi connectivity index (χ4v) is 12.7. The molecule has 10 heteroatoms. The number of carbonyl (C=O) groups excluding carboxylic acids is 1. The van der Waals surface area contributed by atoms with E-state index < -0.39 is 17.6 Å². The number of aryl methyl sites for hydroxylation is 5. The predicted molar refractivity (Wildman–Crippen MR) is 245 cm³/mol. The third-order valence-corrected chi connectivity index (χ3v) is 16.1. The van der Waals surface area contributed by atoms with Crippen LogP contribution in [0.15, 0.2) is 48.6 Å². The summed E-state index contributed by atoms with van der Waals surface area (Å²) in [6.45, 7) is 18.6. The van der Waals surface area contributed by atoms with Gasteiger partial charge in [0.2, 0.25) is 0 Å². The van der Waals surface area contributed by atoms with E-state index in [1.165, 1.54) is 97.4 Å². The number of thiophene rings is 4. The lowest BCUT2D eigenvalue weighted by Gasteiger charge is -2.18. The summed E-state index contributed by atoms with van der Waals surface area (Å²) in [6, 6.07) is 8.18. The van der Waals surface area contributed by atoms with Gasteiger partial charge in [-0.25, -0.2) is 13.6 Å². The number of rotatable bonds is 18. The molecule has 2 N–H and O–H groups in total. The molecular weight excluding hydrogens is 791 g/mol. The van der Waals surface area contributed by atoms with Gasteiger partial charge in [0.15, 0.2) is 11.7 Å². The van der Waals surface area contributed by atoms with Crippen molar-refractivity contribution in [3.8, 4) is 9.75 Å². The minimum atomic E-state index is -1.15. The molecule has 0 bridgehead atoms. The summed E-state index contributed by atoms with van der Waals surface area (Å²) in [4.78, 5) is 16.6. The number of unbranched alkanes of at least 4 members (excludes halogenated alkanes) is 2. The van der Waals surface area contributed by atoms with Crippen molar-refractivity contribution in [1.82, 2.24) is 0 Å². The zero-order chi connectivity index (χ0) is 41.1. The summed E-state index contributed by atoms with van der Waals surface area (Å²) < 4.78 is 40.3. The zero-order valence-corrected chi connectivity index (χ0v) is 37.5. The Labute approximate surface area is 352 Å². The molecule has 1 aliphatic carbocycles. The van der Waals surface area contributed by atoms with Gasteiger partial charge >= 0.3 is 5.97 Å². The molecule has 2 unspecified atom stereocenters. The Balaban J connectivity index is 1.42. The quantitative estimate of drug-likeness (QED) is 0.0524. The van der Waals surface area contributed by atoms with E-state index in [-0.39, 0.29) is 29.2 Å². The molecule has 0 saturated heterocycles. The Morgan fingerprint density at radius 1 is 0.754 bits per heavy atom. The minimum Gasteiger partial charge on any atom is -0.458 e. The fraction of sp³-hybridized carbons (Fsp3) is 0.426. The molecule has 1 aliphatic rings. The number of carbonyl (C=O) groups is 1. The molecular formula is C47H54F2N2O2S4. The SMILES string of the molecule is C=CC(=O)OCc1cc(C2=C(F)C(F)=C(c3cc(C)c(-c4cc5c(CCC(C)CCCC)c6sc(C)cc6c(CCC(C)CCCC)c5s4)s3)C(=N)C2=N)sc1C. The maximum absolute atomic E-state index is 16.3. The van der Waals surface area contributed by atoms with Crippen LogP contribution in [0.3, 0.4) is 0 Å². The lowest BCUT2D eigenvalue weighted by atomic mass is 9.90. The largest absolute Gasteiger partial charge is 0.458 e. The molecule has 302 valence electrons. The first-order chi connectivity index (χ1) is 27.3. The number of esters is 1. The Morgan fingerprint density at radius 2 is 1.30 bits per heavy atom. The van der Waals surface area contributed by atoms with Crippen LogP contribution >= 0.6 is 45.3 Å². The van der Waals surface area contributed by atoms with Crippen LogP contribution in [0.5, 0.6) is 0 Å². The average Bonchev–Trinajstić information content (AvgIpc) is 3.97. The highest BCUT2D eigenvalue weighted by atomic mass is 32.1. The molecule has 0 amide bonds. The normalized spacial score (nSPS) is 14.8. The molecule has 4 nitrogen and oxygen atoms in total. The van der Waals surface area contributed by atoms with Gasteiger partial charge in [-0.15, -0.1) is 45.3 Å². The van der Waals surface area contributed by atoms with Crippen LogP contribution in [0.4, 0.5) is 8.78 Å². The number of halogens is 2. The van der Waals surface area contributed by atoms with E-state index in [4.69, 9.17) is 15.6 Å². The Bertz CT molecular complexity index is 2350. The molecule has 1 aromatic carbocycles. The number of benzene rings is 1. The van der Waals surface area contributed by atoms with Gasteiger partial charge in [0.25, 0.3) is 0 Å². The van der Waals surface area contributed by atoms with Crippen molar-refractivity contribution in [3.63, 3.8) is 0 Å². The van der Waals surface area contributed by atoms with E-state index >= 15 is 8.78 Å². The highest BCUT2D eigenvalue weighted by Crippen LogP contribution is 2.49. The fourth-order valence-electron chi connectivity index (χ4n) is 7.83. The van der Waals surface area contributed by atoms with Crippen molar-refractivity contribution >= 4 is 94.1 Å². The first-order valence-corrected chi connectivity index (χ1v) is 23.5. The molecule has 4 heterocycles. The molecule has 0 aliphatic heterocycles. The second kappa shape index (κ2) is 18.6. The zero-order valence-electron chi connectivity index (χ0n) is 34.2. The van der Waals surface area contributed by atoms with E-state index in [0.717, 1.165) is 52.0 Å². The Morgan fingerprint density at radius 3 is 1.86 bits per heavy atom. The molecule has 57 heavy (non-hydrogen) atoms. The van der Waals surface area contributed by atoms with Gasteiger partial charge in [0.05, 0.1) is 22.6 Å². The van der Waals surface area contributed by atoms with Gasteiger partial charge in [-0.05, 0) is 110 Å². The van der Waals surface area contributed by atoms with Gasteiger partial charge in [0.1, 0.15) is 6.61 Å². The number of hydrogen-bond acceptors (Lipinski definition) is 8. The molecule has 5 aromatic rings. The van der Waals surface area contributed by atoms with Crippen LogP contribution in [0.1, 0.15) is 121 Å². The third kappa shape index (κ3) is 9.04. The number of ether oxygens (including phenoxy) is 1. The first kappa shape index (κ1) is 43.0. The van der Waals surface area contributed by atoms with Crippen LogP contribution in [0.25, 0.3) is 41.1 Å². The lowest BCUT2D eigenvalue weighted by molar-refractivity contribution is -0.138. The van der Waals surface area contributed by atoms with Crippen LogP contribution < -0.4 is 0 Å². The number of allylic oxidation sites excluding steroid dienone is 4. The second-order valence-corrected chi connectivity index (χ2v) is 20.4. The summed E-state index contributed by atoms with van der Waals surface area (Å²) in [7, 11) is 0. The van der Waals surface area contributed by atoms with Gasteiger partial charge in [-0.3, -0.25) is 10.8 Å². The van der Waals surface area contributed by atoms with Crippen molar-refractivity contribution in [2.75, 3.05) is 0 Å².